The van der Waals surface area contributed by atoms with Gasteiger partial charge >= 0.3 is 0 Å². The van der Waals surface area contributed by atoms with Crippen LogP contribution in [-0.2, 0) is 16.1 Å². The lowest BCUT2D eigenvalue weighted by Crippen LogP contribution is -2.34. The van der Waals surface area contributed by atoms with Gasteiger partial charge in [0.15, 0.2) is 0 Å². The Morgan fingerprint density at radius 3 is 2.21 bits per heavy atom. The molecule has 34 heavy (non-hydrogen) atoms. The first kappa shape index (κ1) is 24.1. The molecule has 0 aromatic heterocycles. The molecule has 178 valence electrons. The molecule has 4 nitrogen and oxygen atoms in total. The molecule has 2 aliphatic rings. The van der Waals surface area contributed by atoms with Crippen LogP contribution in [-0.4, -0.2) is 17.9 Å². The number of benzene rings is 2. The van der Waals surface area contributed by atoms with E-state index in [1.807, 2.05) is 53.4 Å². The zero-order chi connectivity index (χ0) is 23.6. The normalized spacial score (nSPS) is 16.3. The summed E-state index contributed by atoms with van der Waals surface area (Å²) in [4.78, 5) is 27.6. The van der Waals surface area contributed by atoms with Gasteiger partial charge in [0.05, 0.1) is 12.2 Å². The van der Waals surface area contributed by atoms with Crippen molar-refractivity contribution in [2.75, 3.05) is 4.90 Å². The van der Waals surface area contributed by atoms with Crippen LogP contribution in [0.2, 0.25) is 0 Å². The summed E-state index contributed by atoms with van der Waals surface area (Å²) in [6.45, 7) is 0.517. The monoisotopic (exact) mass is 456 g/mol. The second-order valence-corrected chi connectivity index (χ2v) is 9.57. The molecular weight excluding hydrogens is 420 g/mol. The predicted octanol–water partition coefficient (Wildman–Crippen LogP) is 6.11. The highest BCUT2D eigenvalue weighted by atomic mass is 16.2. The predicted molar refractivity (Wildman–Crippen MR) is 137 cm³/mol. The van der Waals surface area contributed by atoms with E-state index >= 15 is 0 Å². The van der Waals surface area contributed by atoms with E-state index in [0.29, 0.717) is 31.8 Å². The summed E-state index contributed by atoms with van der Waals surface area (Å²) in [6, 6.07) is 16.2. The number of para-hydroxylation sites is 1. The van der Waals surface area contributed by atoms with E-state index in [9.17, 15) is 9.59 Å². The number of anilines is 1. The molecule has 1 N–H and O–H groups in total. The molecule has 0 saturated heterocycles. The fraction of sp³-hybridized carbons (Fsp3) is 0.467. The van der Waals surface area contributed by atoms with Crippen molar-refractivity contribution in [2.24, 2.45) is 0 Å². The van der Waals surface area contributed by atoms with Crippen molar-refractivity contribution < 1.29 is 9.59 Å². The van der Waals surface area contributed by atoms with Crippen molar-refractivity contribution in [3.63, 3.8) is 0 Å². The third-order valence-electron chi connectivity index (χ3n) is 6.94. The number of hydrogen-bond acceptors (Lipinski definition) is 2. The molecule has 4 heteroatoms. The summed E-state index contributed by atoms with van der Waals surface area (Å²) in [6.07, 6.45) is 12.2. The van der Waals surface area contributed by atoms with Gasteiger partial charge in [-0.3, -0.25) is 9.59 Å². The molecule has 1 fully saturated rings. The Morgan fingerprint density at radius 2 is 1.41 bits per heavy atom. The molecular formula is C30H36N2O2. The van der Waals surface area contributed by atoms with Gasteiger partial charge in [-0.25, -0.2) is 0 Å². The summed E-state index contributed by atoms with van der Waals surface area (Å²) < 4.78 is 0. The second-order valence-electron chi connectivity index (χ2n) is 9.57. The Morgan fingerprint density at radius 1 is 0.794 bits per heavy atom. The lowest BCUT2D eigenvalue weighted by molar-refractivity contribution is -0.122. The first-order valence-corrected chi connectivity index (χ1v) is 13.0. The molecule has 1 heterocycles. The molecule has 2 aromatic carbocycles. The Kier molecular flexibility index (Phi) is 8.79. The van der Waals surface area contributed by atoms with Crippen molar-refractivity contribution in [3.05, 3.63) is 65.2 Å². The van der Waals surface area contributed by atoms with Crippen LogP contribution in [0.4, 0.5) is 5.69 Å². The molecule has 1 saturated carbocycles. The maximum atomic E-state index is 13.3. The lowest BCUT2D eigenvalue weighted by Gasteiger charge is -2.26. The number of nitrogens with one attached hydrogen (secondary N) is 1. The van der Waals surface area contributed by atoms with Crippen molar-refractivity contribution in [3.8, 4) is 11.8 Å². The van der Waals surface area contributed by atoms with Crippen molar-refractivity contribution in [2.45, 2.75) is 89.6 Å². The number of carbonyl (C=O) groups excluding carboxylic acids is 2. The summed E-state index contributed by atoms with van der Waals surface area (Å²) >= 11 is 0. The maximum absolute atomic E-state index is 13.3. The number of rotatable bonds is 6. The van der Waals surface area contributed by atoms with Crippen molar-refractivity contribution in [1.29, 1.82) is 0 Å². The van der Waals surface area contributed by atoms with Gasteiger partial charge in [0, 0.05) is 30.0 Å². The van der Waals surface area contributed by atoms with E-state index in [0.717, 1.165) is 41.6 Å². The number of hydrogen-bond donors (Lipinski definition) is 1. The van der Waals surface area contributed by atoms with Gasteiger partial charge in [-0.05, 0) is 49.4 Å². The first-order valence-electron chi connectivity index (χ1n) is 13.0. The van der Waals surface area contributed by atoms with Gasteiger partial charge < -0.3 is 10.2 Å². The van der Waals surface area contributed by atoms with Crippen LogP contribution in [0.1, 0.15) is 93.7 Å². The Bertz CT molecular complexity index is 1040. The van der Waals surface area contributed by atoms with E-state index < -0.39 is 0 Å². The van der Waals surface area contributed by atoms with Gasteiger partial charge in [-0.1, -0.05) is 80.7 Å². The minimum Gasteiger partial charge on any atom is -0.353 e. The zero-order valence-electron chi connectivity index (χ0n) is 20.2. The molecule has 0 atom stereocenters. The van der Waals surface area contributed by atoms with Crippen LogP contribution in [0.5, 0.6) is 0 Å². The van der Waals surface area contributed by atoms with E-state index in [2.05, 4.69) is 17.2 Å². The summed E-state index contributed by atoms with van der Waals surface area (Å²) in [7, 11) is 0. The summed E-state index contributed by atoms with van der Waals surface area (Å²) in [5.41, 5.74) is 3.77. The van der Waals surface area contributed by atoms with Crippen LogP contribution in [0.3, 0.4) is 0 Å². The minimum atomic E-state index is 0.0858. The average molecular weight is 457 g/mol. The number of carbonyl (C=O) groups is 2. The molecule has 0 spiro atoms. The largest absolute Gasteiger partial charge is 0.353 e. The fourth-order valence-corrected chi connectivity index (χ4v) is 4.98. The van der Waals surface area contributed by atoms with E-state index in [1.165, 1.54) is 38.5 Å². The topological polar surface area (TPSA) is 49.4 Å². The Hall–Kier alpha value is -3.06. The van der Waals surface area contributed by atoms with Gasteiger partial charge in [0.1, 0.15) is 0 Å². The summed E-state index contributed by atoms with van der Waals surface area (Å²) in [5.74, 6) is 6.72. The van der Waals surface area contributed by atoms with E-state index in [4.69, 9.17) is 0 Å². The van der Waals surface area contributed by atoms with Gasteiger partial charge in [0.2, 0.25) is 11.8 Å². The fourth-order valence-electron chi connectivity index (χ4n) is 4.98. The van der Waals surface area contributed by atoms with E-state index in [1.54, 1.807) is 0 Å². The third-order valence-corrected chi connectivity index (χ3v) is 6.94. The molecule has 0 unspecified atom stereocenters. The maximum Gasteiger partial charge on any atom is 0.227 e. The van der Waals surface area contributed by atoms with Gasteiger partial charge in [-0.2, -0.15) is 0 Å². The molecule has 0 radical (unpaired) electrons. The van der Waals surface area contributed by atoms with Crippen LogP contribution in [0.25, 0.3) is 0 Å². The van der Waals surface area contributed by atoms with Crippen molar-refractivity contribution >= 4 is 17.5 Å². The standard InChI is InChI=1S/C30H36N2O2/c33-29(31-27-16-5-3-1-2-4-6-17-27)19-11-12-20-30(34)32-23-26-15-8-7-13-24(26)21-22-25-14-9-10-18-28(25)32/h7-10,13-15,18,27H,1-6,11-12,16-17,19-20,23H2,(H,31,33). The second kappa shape index (κ2) is 12.4. The molecule has 4 rings (SSSR count). The minimum absolute atomic E-state index is 0.0858. The van der Waals surface area contributed by atoms with Crippen LogP contribution in [0.15, 0.2) is 48.5 Å². The number of unbranched alkanes of at least 4 members (excludes halogenated alkanes) is 1. The third kappa shape index (κ3) is 6.73. The quantitative estimate of drug-likeness (QED) is 0.421. The van der Waals surface area contributed by atoms with Crippen LogP contribution < -0.4 is 10.2 Å². The molecule has 1 aliphatic carbocycles. The van der Waals surface area contributed by atoms with Gasteiger partial charge in [-0.15, -0.1) is 0 Å². The highest BCUT2D eigenvalue weighted by Crippen LogP contribution is 2.26. The Labute approximate surface area is 204 Å². The Balaban J connectivity index is 1.30. The molecule has 0 bridgehead atoms. The molecule has 2 aromatic rings. The molecule has 1 aliphatic heterocycles. The van der Waals surface area contributed by atoms with Gasteiger partial charge in [0.25, 0.3) is 0 Å². The SMILES string of the molecule is O=C(CCCCC(=O)N1Cc2ccccc2C#Cc2ccccc21)NC1CCCCCCCC1. The highest BCUT2D eigenvalue weighted by Gasteiger charge is 2.21. The highest BCUT2D eigenvalue weighted by molar-refractivity contribution is 5.95. The smallest absolute Gasteiger partial charge is 0.227 e. The summed E-state index contributed by atoms with van der Waals surface area (Å²) in [5, 5.41) is 3.26. The first-order chi connectivity index (χ1) is 16.7. The van der Waals surface area contributed by atoms with Crippen molar-refractivity contribution in [1.82, 2.24) is 5.32 Å². The number of nitrogens with zero attached hydrogens (tertiary/aromatic N) is 1. The molecule has 2 amide bonds. The zero-order valence-corrected chi connectivity index (χ0v) is 20.2. The number of fused-ring (bicyclic) bond motifs is 2. The number of amides is 2. The lowest BCUT2D eigenvalue weighted by atomic mass is 10.0. The van der Waals surface area contributed by atoms with Crippen LogP contribution >= 0.6 is 0 Å². The van der Waals surface area contributed by atoms with E-state index in [-0.39, 0.29) is 11.8 Å². The average Bonchev–Trinajstić information content (AvgIpc) is 2.97. The van der Waals surface area contributed by atoms with Crippen LogP contribution in [0, 0.1) is 11.8 Å².